The summed E-state index contributed by atoms with van der Waals surface area (Å²) in [6.07, 6.45) is 8.67. The maximum atomic E-state index is 13.3. The minimum atomic E-state index is -0.631. The van der Waals surface area contributed by atoms with E-state index in [4.69, 9.17) is 4.98 Å². The fourth-order valence-electron chi connectivity index (χ4n) is 7.91. The van der Waals surface area contributed by atoms with Crippen molar-refractivity contribution >= 4 is 17.3 Å². The van der Waals surface area contributed by atoms with E-state index >= 15 is 0 Å². The lowest BCUT2D eigenvalue weighted by atomic mass is 9.83. The molecule has 3 atom stereocenters. The van der Waals surface area contributed by atoms with Crippen LogP contribution in [0, 0.1) is 24.6 Å². The molecule has 1 unspecified atom stereocenters. The summed E-state index contributed by atoms with van der Waals surface area (Å²) in [6.45, 7) is 7.01. The Labute approximate surface area is 253 Å². The number of aromatic nitrogens is 1. The van der Waals surface area contributed by atoms with E-state index < -0.39 is 5.97 Å². The van der Waals surface area contributed by atoms with Crippen molar-refractivity contribution in [2.45, 2.75) is 76.2 Å². The average molecular weight is 590 g/mol. The fraction of sp³-hybridized carbons (Fsp3) is 0.543. The zero-order valence-electron chi connectivity index (χ0n) is 24.8. The van der Waals surface area contributed by atoms with Gasteiger partial charge in [0, 0.05) is 36.9 Å². The van der Waals surface area contributed by atoms with Crippen molar-refractivity contribution in [2.24, 2.45) is 11.8 Å². The van der Waals surface area contributed by atoms with E-state index in [0.717, 1.165) is 93.9 Å². The number of carboxylic acid groups (broad SMARTS) is 1. The highest BCUT2D eigenvalue weighted by molar-refractivity contribution is 7.11. The maximum absolute atomic E-state index is 13.3. The Kier molecular flexibility index (Phi) is 9.37. The Morgan fingerprint density at radius 2 is 1.71 bits per heavy atom. The van der Waals surface area contributed by atoms with Crippen LogP contribution in [0.4, 0.5) is 4.39 Å². The van der Waals surface area contributed by atoms with Crippen LogP contribution in [0.2, 0.25) is 0 Å². The smallest absolute Gasteiger partial charge is 0.321 e. The van der Waals surface area contributed by atoms with Crippen molar-refractivity contribution in [3.8, 4) is 0 Å². The highest BCUT2D eigenvalue weighted by Crippen LogP contribution is 2.40. The van der Waals surface area contributed by atoms with Gasteiger partial charge in [-0.15, -0.1) is 11.3 Å². The number of rotatable bonds is 9. The molecule has 0 bridgehead atoms. The summed E-state index contributed by atoms with van der Waals surface area (Å²) in [5.74, 6) is 0.780. The molecule has 7 heteroatoms. The van der Waals surface area contributed by atoms with Crippen LogP contribution in [0.1, 0.15) is 83.5 Å². The van der Waals surface area contributed by atoms with E-state index in [-0.39, 0.29) is 17.8 Å². The molecule has 0 radical (unpaired) electrons. The summed E-state index contributed by atoms with van der Waals surface area (Å²) in [7, 11) is 0. The van der Waals surface area contributed by atoms with Gasteiger partial charge in [-0.2, -0.15) is 0 Å². The molecule has 3 fully saturated rings. The number of piperidine rings is 1. The minimum absolute atomic E-state index is 0.201. The van der Waals surface area contributed by atoms with E-state index in [1.54, 1.807) is 0 Å². The third kappa shape index (κ3) is 6.79. The number of aryl methyl sites for hydroxylation is 1. The lowest BCUT2D eigenvalue weighted by molar-refractivity contribution is -0.145. The van der Waals surface area contributed by atoms with Crippen molar-refractivity contribution in [1.82, 2.24) is 14.8 Å². The summed E-state index contributed by atoms with van der Waals surface area (Å²) < 4.78 is 13.3. The molecule has 1 aliphatic carbocycles. The highest BCUT2D eigenvalue weighted by Gasteiger charge is 2.43. The third-order valence-corrected chi connectivity index (χ3v) is 11.4. The fourth-order valence-corrected chi connectivity index (χ4v) is 9.18. The van der Waals surface area contributed by atoms with Crippen molar-refractivity contribution in [1.29, 1.82) is 0 Å². The first-order chi connectivity index (χ1) is 20.4. The summed E-state index contributed by atoms with van der Waals surface area (Å²) in [5, 5.41) is 11.4. The molecule has 6 rings (SSSR count). The highest BCUT2D eigenvalue weighted by atomic mass is 32.1. The van der Waals surface area contributed by atoms with Gasteiger partial charge >= 0.3 is 5.97 Å². The normalized spacial score (nSPS) is 23.8. The van der Waals surface area contributed by atoms with Crippen molar-refractivity contribution in [3.05, 3.63) is 87.1 Å². The number of benzene rings is 2. The van der Waals surface area contributed by atoms with Crippen molar-refractivity contribution < 1.29 is 14.3 Å². The number of carbonyl (C=O) groups is 1. The van der Waals surface area contributed by atoms with Crippen molar-refractivity contribution in [3.63, 3.8) is 0 Å². The molecule has 2 saturated heterocycles. The summed E-state index contributed by atoms with van der Waals surface area (Å²) >= 11 is 1.83. The van der Waals surface area contributed by atoms with Gasteiger partial charge in [0.05, 0.1) is 10.7 Å². The first kappa shape index (κ1) is 29.5. The van der Waals surface area contributed by atoms with Crippen LogP contribution in [0.3, 0.4) is 0 Å². The minimum Gasteiger partial charge on any atom is -0.480 e. The zero-order valence-corrected chi connectivity index (χ0v) is 25.6. The predicted octanol–water partition coefficient (Wildman–Crippen LogP) is 7.11. The van der Waals surface area contributed by atoms with Gasteiger partial charge in [0.2, 0.25) is 0 Å². The van der Waals surface area contributed by atoms with E-state index in [0.29, 0.717) is 17.8 Å². The molecule has 1 N–H and O–H groups in total. The number of thiazole rings is 1. The lowest BCUT2D eigenvalue weighted by Crippen LogP contribution is -2.46. The molecular weight excluding hydrogens is 545 g/mol. The van der Waals surface area contributed by atoms with Gasteiger partial charge < -0.3 is 10.0 Å². The quantitative estimate of drug-likeness (QED) is 0.288. The Bertz CT molecular complexity index is 1320. The van der Waals surface area contributed by atoms with Crippen molar-refractivity contribution in [2.75, 3.05) is 32.7 Å². The number of carboxylic acids is 1. The number of hydrogen-bond donors (Lipinski definition) is 1. The number of halogens is 1. The Balaban J connectivity index is 1.10. The second kappa shape index (κ2) is 13.4. The van der Waals surface area contributed by atoms with Gasteiger partial charge in [0.25, 0.3) is 0 Å². The van der Waals surface area contributed by atoms with Crippen LogP contribution >= 0.6 is 11.3 Å². The molecule has 5 nitrogen and oxygen atoms in total. The van der Waals surface area contributed by atoms with Gasteiger partial charge in [0.1, 0.15) is 11.9 Å². The zero-order chi connectivity index (χ0) is 29.1. The Hall–Kier alpha value is -2.61. The van der Waals surface area contributed by atoms with Gasteiger partial charge in [-0.1, -0.05) is 61.7 Å². The average Bonchev–Trinajstić information content (AvgIpc) is 3.58. The van der Waals surface area contributed by atoms with Crippen LogP contribution in [0.15, 0.2) is 54.6 Å². The van der Waals surface area contributed by atoms with Gasteiger partial charge in [-0.05, 0) is 86.7 Å². The van der Waals surface area contributed by atoms with Gasteiger partial charge in [0.15, 0.2) is 0 Å². The molecule has 224 valence electrons. The number of aliphatic carboxylic acids is 1. The van der Waals surface area contributed by atoms with Crippen LogP contribution in [-0.4, -0.2) is 64.6 Å². The Morgan fingerprint density at radius 3 is 2.40 bits per heavy atom. The number of hydrogen-bond acceptors (Lipinski definition) is 5. The van der Waals surface area contributed by atoms with Gasteiger partial charge in [-0.25, -0.2) is 9.37 Å². The Morgan fingerprint density at radius 1 is 1.00 bits per heavy atom. The predicted molar refractivity (Wildman–Crippen MR) is 167 cm³/mol. The second-order valence-electron chi connectivity index (χ2n) is 12.8. The molecular formula is C35H44FN3O2S. The largest absolute Gasteiger partial charge is 0.480 e. The lowest BCUT2D eigenvalue weighted by Gasteiger charge is -2.35. The summed E-state index contributed by atoms with van der Waals surface area (Å²) in [6, 6.07) is 17.2. The molecule has 3 aromatic rings. The molecule has 2 aliphatic heterocycles. The van der Waals surface area contributed by atoms with E-state index in [1.807, 2.05) is 23.5 Å². The molecule has 1 saturated carbocycles. The molecule has 0 spiro atoms. The van der Waals surface area contributed by atoms with Crippen LogP contribution in [0.25, 0.3) is 0 Å². The SMILES string of the molecule is Cc1nc(Cc2ccc(F)cc2)sc1C1CCN(C[C@H]2CN([C@@H](C(=O)O)C3CCCCC3)CC2c2ccccc2)CC1. The molecule has 1 aromatic heterocycles. The molecule has 2 aromatic carbocycles. The standard InChI is InChI=1S/C35H44FN3O2S/c1-24-34(42-32(37-24)20-25-12-14-30(36)15-13-25)28-16-18-38(19-17-28)21-29-22-39(23-31(29)26-8-4-2-5-9-26)33(35(40)41)27-10-6-3-7-11-27/h2,4-5,8-9,12-15,27-29,31,33H,3,6-7,10-11,16-23H2,1H3,(H,40,41)/t29-,31?,33+/m0/s1. The van der Waals surface area contributed by atoms with Crippen LogP contribution < -0.4 is 0 Å². The molecule has 42 heavy (non-hydrogen) atoms. The molecule has 3 aliphatic rings. The van der Waals surface area contributed by atoms with E-state index in [1.165, 1.54) is 29.0 Å². The van der Waals surface area contributed by atoms with E-state index in [9.17, 15) is 14.3 Å². The molecule has 0 amide bonds. The maximum Gasteiger partial charge on any atom is 0.321 e. The third-order valence-electron chi connectivity index (χ3n) is 10.0. The summed E-state index contributed by atoms with van der Waals surface area (Å²) in [5.41, 5.74) is 3.59. The molecule has 3 heterocycles. The topological polar surface area (TPSA) is 56.7 Å². The monoisotopic (exact) mass is 589 g/mol. The second-order valence-corrected chi connectivity index (χ2v) is 14.0. The first-order valence-corrected chi connectivity index (χ1v) is 16.7. The summed E-state index contributed by atoms with van der Waals surface area (Å²) in [4.78, 5) is 23.8. The van der Waals surface area contributed by atoms with E-state index in [2.05, 4.69) is 47.1 Å². The van der Waals surface area contributed by atoms with Crippen LogP contribution in [0.5, 0.6) is 0 Å². The van der Waals surface area contributed by atoms with Crippen LogP contribution in [-0.2, 0) is 11.2 Å². The number of likely N-dealkylation sites (tertiary alicyclic amines) is 2. The number of nitrogens with zero attached hydrogens (tertiary/aromatic N) is 3. The van der Waals surface area contributed by atoms with Gasteiger partial charge in [-0.3, -0.25) is 9.69 Å². The first-order valence-electron chi connectivity index (χ1n) is 15.9.